The summed E-state index contributed by atoms with van der Waals surface area (Å²) in [5.41, 5.74) is 2.49. The number of nitrogens with zero attached hydrogens (tertiary/aromatic N) is 1. The predicted molar refractivity (Wildman–Crippen MR) is 169 cm³/mol. The number of carbonyl (C=O) groups is 2. The zero-order valence-electron chi connectivity index (χ0n) is 25.1. The van der Waals surface area contributed by atoms with Gasteiger partial charge in [0.25, 0.3) is 0 Å². The number of carbonyl (C=O) groups excluding carboxylic acids is 1. The Morgan fingerprint density at radius 2 is 1.64 bits per heavy atom. The summed E-state index contributed by atoms with van der Waals surface area (Å²) in [6.07, 6.45) is 9.65. The fourth-order valence-corrected chi connectivity index (χ4v) is 4.63. The van der Waals surface area contributed by atoms with Crippen LogP contribution in [0.5, 0.6) is 11.6 Å². The van der Waals surface area contributed by atoms with Gasteiger partial charge in [-0.15, -0.1) is 0 Å². The van der Waals surface area contributed by atoms with Gasteiger partial charge in [0.15, 0.2) is 0 Å². The Kier molecular flexibility index (Phi) is 13.1. The molecule has 0 saturated heterocycles. The Bertz CT molecular complexity index is 1320. The summed E-state index contributed by atoms with van der Waals surface area (Å²) >= 11 is 0. The van der Waals surface area contributed by atoms with Crippen molar-refractivity contribution in [2.75, 3.05) is 18.5 Å². The number of anilines is 1. The molecule has 42 heavy (non-hydrogen) atoms. The SMILES string of the molecule is CCCCOc1cccc(CCCCOc2cccc(/C=C/c3cccc(NC(=O)CC(CC)(CC)C(=O)O)c3)n2)c1. The summed E-state index contributed by atoms with van der Waals surface area (Å²) in [4.78, 5) is 28.9. The van der Waals surface area contributed by atoms with Gasteiger partial charge in [-0.1, -0.05) is 63.6 Å². The molecule has 2 N–H and O–H groups in total. The van der Waals surface area contributed by atoms with E-state index in [1.165, 1.54) is 5.56 Å². The smallest absolute Gasteiger partial charge is 0.310 e. The Morgan fingerprint density at radius 3 is 2.40 bits per heavy atom. The van der Waals surface area contributed by atoms with Crippen LogP contribution in [0, 0.1) is 5.41 Å². The molecule has 0 atom stereocenters. The molecule has 7 heteroatoms. The Morgan fingerprint density at radius 1 is 0.881 bits per heavy atom. The first kappa shape index (κ1) is 32.4. The number of hydrogen-bond donors (Lipinski definition) is 2. The molecule has 0 unspecified atom stereocenters. The molecular weight excluding hydrogens is 528 g/mol. The first-order valence-electron chi connectivity index (χ1n) is 15.0. The first-order chi connectivity index (χ1) is 20.4. The highest BCUT2D eigenvalue weighted by Gasteiger charge is 2.37. The highest BCUT2D eigenvalue weighted by atomic mass is 16.5. The van der Waals surface area contributed by atoms with Gasteiger partial charge in [0.05, 0.1) is 24.3 Å². The summed E-state index contributed by atoms with van der Waals surface area (Å²) < 4.78 is 11.7. The molecule has 1 aromatic heterocycles. The largest absolute Gasteiger partial charge is 0.494 e. The number of rotatable bonds is 18. The Labute approximate surface area is 250 Å². The van der Waals surface area contributed by atoms with E-state index in [0.717, 1.165) is 55.7 Å². The van der Waals surface area contributed by atoms with Gasteiger partial charge >= 0.3 is 5.97 Å². The number of aromatic nitrogens is 1. The van der Waals surface area contributed by atoms with Gasteiger partial charge in [-0.3, -0.25) is 9.59 Å². The fraction of sp³-hybridized carbons (Fsp3) is 0.400. The first-order valence-corrected chi connectivity index (χ1v) is 15.0. The van der Waals surface area contributed by atoms with Crippen LogP contribution in [0.3, 0.4) is 0 Å². The van der Waals surface area contributed by atoms with Crippen molar-refractivity contribution >= 4 is 29.7 Å². The number of aryl methyl sites for hydroxylation is 1. The highest BCUT2D eigenvalue weighted by Crippen LogP contribution is 2.31. The van der Waals surface area contributed by atoms with Crippen molar-refractivity contribution in [3.8, 4) is 11.6 Å². The third-order valence-corrected chi connectivity index (χ3v) is 7.44. The molecule has 0 spiro atoms. The van der Waals surface area contributed by atoms with Gasteiger partial charge in [0.2, 0.25) is 11.8 Å². The average molecular weight is 573 g/mol. The minimum absolute atomic E-state index is 0.0621. The van der Waals surface area contributed by atoms with Crippen LogP contribution in [0.25, 0.3) is 12.2 Å². The van der Waals surface area contributed by atoms with E-state index < -0.39 is 11.4 Å². The van der Waals surface area contributed by atoms with E-state index in [1.54, 1.807) is 19.9 Å². The van der Waals surface area contributed by atoms with Crippen molar-refractivity contribution in [3.05, 3.63) is 83.6 Å². The number of carboxylic acid groups (broad SMARTS) is 1. The lowest BCUT2D eigenvalue weighted by molar-refractivity contribution is -0.151. The normalized spacial score (nSPS) is 11.4. The number of hydrogen-bond acceptors (Lipinski definition) is 5. The van der Waals surface area contributed by atoms with Gasteiger partial charge in [-0.2, -0.15) is 0 Å². The van der Waals surface area contributed by atoms with Gasteiger partial charge in [-0.05, 0) is 86.1 Å². The number of ether oxygens (including phenoxy) is 2. The molecule has 0 aliphatic rings. The minimum atomic E-state index is -1.05. The number of carboxylic acids is 1. The quantitative estimate of drug-likeness (QED) is 0.150. The maximum Gasteiger partial charge on any atom is 0.310 e. The number of amides is 1. The number of aliphatic carboxylic acids is 1. The van der Waals surface area contributed by atoms with Crippen LogP contribution in [0.15, 0.2) is 66.7 Å². The summed E-state index contributed by atoms with van der Waals surface area (Å²) in [7, 11) is 0. The summed E-state index contributed by atoms with van der Waals surface area (Å²) in [5.74, 6) is 0.276. The number of nitrogens with one attached hydrogen (secondary N) is 1. The van der Waals surface area contributed by atoms with E-state index >= 15 is 0 Å². The van der Waals surface area contributed by atoms with Crippen LogP contribution in [0.1, 0.15) is 82.5 Å². The maximum absolute atomic E-state index is 12.6. The zero-order valence-corrected chi connectivity index (χ0v) is 25.1. The van der Waals surface area contributed by atoms with E-state index in [4.69, 9.17) is 9.47 Å². The summed E-state index contributed by atoms with van der Waals surface area (Å²) in [5, 5.41) is 12.5. The van der Waals surface area contributed by atoms with Gasteiger partial charge in [-0.25, -0.2) is 4.98 Å². The van der Waals surface area contributed by atoms with Crippen molar-refractivity contribution in [1.82, 2.24) is 4.98 Å². The molecule has 3 aromatic rings. The fourth-order valence-electron chi connectivity index (χ4n) is 4.63. The number of unbranched alkanes of at least 4 members (excludes halogenated alkanes) is 2. The molecule has 0 radical (unpaired) electrons. The third-order valence-electron chi connectivity index (χ3n) is 7.44. The van der Waals surface area contributed by atoms with Crippen LogP contribution in [-0.2, 0) is 16.0 Å². The lowest BCUT2D eigenvalue weighted by Gasteiger charge is -2.25. The molecule has 1 amide bonds. The molecule has 3 rings (SSSR count). The second-order valence-electron chi connectivity index (χ2n) is 10.5. The Hall–Kier alpha value is -4.13. The number of pyridine rings is 1. The second kappa shape index (κ2) is 17.0. The van der Waals surface area contributed by atoms with Crippen molar-refractivity contribution in [3.63, 3.8) is 0 Å². The molecule has 0 saturated carbocycles. The molecule has 0 aliphatic heterocycles. The van der Waals surface area contributed by atoms with Gasteiger partial charge < -0.3 is 19.9 Å². The van der Waals surface area contributed by atoms with Crippen molar-refractivity contribution in [1.29, 1.82) is 0 Å². The van der Waals surface area contributed by atoms with E-state index in [9.17, 15) is 14.7 Å². The van der Waals surface area contributed by atoms with Crippen LogP contribution >= 0.6 is 0 Å². The van der Waals surface area contributed by atoms with Gasteiger partial charge in [0.1, 0.15) is 5.75 Å². The molecule has 2 aromatic carbocycles. The predicted octanol–water partition coefficient (Wildman–Crippen LogP) is 8.05. The molecule has 1 heterocycles. The molecule has 0 bridgehead atoms. The maximum atomic E-state index is 12.6. The van der Waals surface area contributed by atoms with E-state index in [1.807, 2.05) is 60.7 Å². The molecule has 7 nitrogen and oxygen atoms in total. The average Bonchev–Trinajstić information content (AvgIpc) is 2.99. The lowest BCUT2D eigenvalue weighted by atomic mass is 9.79. The van der Waals surface area contributed by atoms with Crippen molar-refractivity contribution in [2.24, 2.45) is 5.41 Å². The highest BCUT2D eigenvalue weighted by molar-refractivity contribution is 5.94. The zero-order chi connectivity index (χ0) is 30.2. The standard InChI is InChI=1S/C35H44N2O5/c1-4-7-22-41-31-18-11-15-27(25-31)13-8-9-23-42-33-19-12-16-29(37-33)21-20-28-14-10-17-30(24-28)36-32(38)26-35(5-2,6-3)34(39)40/h10-12,14-21,24-25H,4-9,13,22-23,26H2,1-3H3,(H,36,38)(H,39,40)/b21-20+. The van der Waals surface area contributed by atoms with E-state index in [2.05, 4.69) is 29.4 Å². The summed E-state index contributed by atoms with van der Waals surface area (Å²) in [6, 6.07) is 21.4. The van der Waals surface area contributed by atoms with Crippen LogP contribution in [-0.4, -0.2) is 35.2 Å². The summed E-state index contributed by atoms with van der Waals surface area (Å²) in [6.45, 7) is 7.11. The van der Waals surface area contributed by atoms with E-state index in [-0.39, 0.29) is 12.3 Å². The third kappa shape index (κ3) is 10.4. The Balaban J connectivity index is 1.47. The minimum Gasteiger partial charge on any atom is -0.494 e. The molecule has 224 valence electrons. The molecule has 0 aliphatic carbocycles. The lowest BCUT2D eigenvalue weighted by Crippen LogP contribution is -2.34. The van der Waals surface area contributed by atoms with Crippen LogP contribution in [0.2, 0.25) is 0 Å². The van der Waals surface area contributed by atoms with Crippen LogP contribution in [0.4, 0.5) is 5.69 Å². The molecular formula is C35H44N2O5. The monoisotopic (exact) mass is 572 g/mol. The number of benzene rings is 2. The van der Waals surface area contributed by atoms with Gasteiger partial charge in [0, 0.05) is 18.2 Å². The van der Waals surface area contributed by atoms with Crippen molar-refractivity contribution < 1.29 is 24.2 Å². The van der Waals surface area contributed by atoms with Crippen LogP contribution < -0.4 is 14.8 Å². The molecule has 0 fully saturated rings. The van der Waals surface area contributed by atoms with Crippen molar-refractivity contribution in [2.45, 2.75) is 72.1 Å². The van der Waals surface area contributed by atoms with E-state index in [0.29, 0.717) is 31.0 Å². The second-order valence-corrected chi connectivity index (χ2v) is 10.5. The topological polar surface area (TPSA) is 97.8 Å².